The molecule has 4 rings (SSSR count). The number of amides is 1. The molecular formula is C21H26N8O2. The third-order valence-corrected chi connectivity index (χ3v) is 4.56. The van der Waals surface area contributed by atoms with E-state index in [1.165, 1.54) is 0 Å². The number of carbonyl (C=O) groups excluding carboxylic acids is 1. The van der Waals surface area contributed by atoms with Gasteiger partial charge in [0, 0.05) is 25.0 Å². The van der Waals surface area contributed by atoms with Gasteiger partial charge in [-0.3, -0.25) is 0 Å². The zero-order chi connectivity index (χ0) is 22.0. The molecule has 1 aliphatic rings. The average molecular weight is 422 g/mol. The Morgan fingerprint density at radius 2 is 1.87 bits per heavy atom. The van der Waals surface area contributed by atoms with E-state index in [9.17, 15) is 4.79 Å². The van der Waals surface area contributed by atoms with E-state index in [0.29, 0.717) is 19.0 Å². The SMILES string of the molecule is Cc1ncn(-c2ccc(Nc3nccc(N4CC(NC(=O)OC(C)(C)C)C4)n3)cc2)n1. The van der Waals surface area contributed by atoms with Crippen LogP contribution in [-0.2, 0) is 4.74 Å². The minimum Gasteiger partial charge on any atom is -0.444 e. The number of aryl methyl sites for hydroxylation is 1. The molecule has 3 aromatic rings. The molecule has 0 atom stereocenters. The Kier molecular flexibility index (Phi) is 5.45. The molecular weight excluding hydrogens is 396 g/mol. The fourth-order valence-corrected chi connectivity index (χ4v) is 3.11. The van der Waals surface area contributed by atoms with E-state index in [1.807, 2.05) is 58.0 Å². The summed E-state index contributed by atoms with van der Waals surface area (Å²) in [5.41, 5.74) is 1.28. The summed E-state index contributed by atoms with van der Waals surface area (Å²) in [5.74, 6) is 2.03. The van der Waals surface area contributed by atoms with Gasteiger partial charge in [-0.1, -0.05) is 0 Å². The summed E-state index contributed by atoms with van der Waals surface area (Å²) in [6.45, 7) is 8.72. The minimum absolute atomic E-state index is 0.0363. The van der Waals surface area contributed by atoms with E-state index in [1.54, 1.807) is 17.2 Å². The molecule has 0 unspecified atom stereocenters. The van der Waals surface area contributed by atoms with Crippen molar-refractivity contribution in [1.82, 2.24) is 30.0 Å². The van der Waals surface area contributed by atoms with Crippen LogP contribution in [0.2, 0.25) is 0 Å². The summed E-state index contributed by atoms with van der Waals surface area (Å²) in [7, 11) is 0. The number of benzene rings is 1. The van der Waals surface area contributed by atoms with Crippen molar-refractivity contribution in [3.8, 4) is 5.69 Å². The van der Waals surface area contributed by atoms with E-state index in [0.717, 1.165) is 23.0 Å². The molecule has 1 saturated heterocycles. The molecule has 0 bridgehead atoms. The van der Waals surface area contributed by atoms with Gasteiger partial charge < -0.3 is 20.3 Å². The van der Waals surface area contributed by atoms with Crippen molar-refractivity contribution in [2.24, 2.45) is 0 Å². The molecule has 10 nitrogen and oxygen atoms in total. The monoisotopic (exact) mass is 422 g/mol. The maximum absolute atomic E-state index is 11.9. The lowest BCUT2D eigenvalue weighted by atomic mass is 10.1. The van der Waals surface area contributed by atoms with Crippen molar-refractivity contribution in [1.29, 1.82) is 0 Å². The van der Waals surface area contributed by atoms with Crippen LogP contribution in [0.1, 0.15) is 26.6 Å². The van der Waals surface area contributed by atoms with Gasteiger partial charge >= 0.3 is 6.09 Å². The number of ether oxygens (including phenoxy) is 1. The minimum atomic E-state index is -0.507. The number of carbonyl (C=O) groups is 1. The molecule has 31 heavy (non-hydrogen) atoms. The fraction of sp³-hybridized carbons (Fsp3) is 0.381. The molecule has 0 radical (unpaired) electrons. The lowest BCUT2D eigenvalue weighted by Crippen LogP contribution is -2.60. The first kappa shape index (κ1) is 20.6. The Morgan fingerprint density at radius 1 is 1.13 bits per heavy atom. The van der Waals surface area contributed by atoms with Crippen molar-refractivity contribution in [2.45, 2.75) is 39.3 Å². The molecule has 2 aromatic heterocycles. The molecule has 1 aliphatic heterocycles. The number of nitrogens with zero attached hydrogens (tertiary/aromatic N) is 6. The molecule has 1 aromatic carbocycles. The Bertz CT molecular complexity index is 1050. The lowest BCUT2D eigenvalue weighted by molar-refractivity contribution is 0.0496. The first-order valence-electron chi connectivity index (χ1n) is 10.1. The van der Waals surface area contributed by atoms with E-state index < -0.39 is 11.7 Å². The first-order valence-corrected chi connectivity index (χ1v) is 10.1. The zero-order valence-electron chi connectivity index (χ0n) is 18.0. The highest BCUT2D eigenvalue weighted by Crippen LogP contribution is 2.22. The van der Waals surface area contributed by atoms with Gasteiger partial charge in [0.2, 0.25) is 5.95 Å². The number of hydrogen-bond acceptors (Lipinski definition) is 8. The summed E-state index contributed by atoms with van der Waals surface area (Å²) < 4.78 is 7.02. The number of alkyl carbamates (subject to hydrolysis) is 1. The standard InChI is InChI=1S/C21H26N8O2/c1-14-23-13-29(27-14)17-7-5-15(6-8-17)24-19-22-10-9-18(26-19)28-11-16(12-28)25-20(30)31-21(2,3)4/h5-10,13,16H,11-12H2,1-4H3,(H,25,30)(H,22,24,26). The normalized spacial score (nSPS) is 14.1. The van der Waals surface area contributed by atoms with E-state index in [2.05, 4.69) is 35.6 Å². The molecule has 1 amide bonds. The topological polar surface area (TPSA) is 110 Å². The predicted octanol–water partition coefficient (Wildman–Crippen LogP) is 2.82. The van der Waals surface area contributed by atoms with Crippen LogP contribution in [0, 0.1) is 6.92 Å². The average Bonchev–Trinajstić information content (AvgIpc) is 3.10. The molecule has 2 N–H and O–H groups in total. The lowest BCUT2D eigenvalue weighted by Gasteiger charge is -2.40. The summed E-state index contributed by atoms with van der Waals surface area (Å²) in [4.78, 5) is 27.0. The summed E-state index contributed by atoms with van der Waals surface area (Å²) in [6.07, 6.45) is 3.00. The van der Waals surface area contributed by atoms with Crippen LogP contribution in [0.4, 0.5) is 22.2 Å². The van der Waals surface area contributed by atoms with Gasteiger partial charge in [0.1, 0.15) is 23.6 Å². The Hall–Kier alpha value is -3.69. The molecule has 10 heteroatoms. The third kappa shape index (κ3) is 5.27. The second-order valence-electron chi connectivity index (χ2n) is 8.39. The van der Waals surface area contributed by atoms with Crippen molar-refractivity contribution >= 4 is 23.5 Å². The highest BCUT2D eigenvalue weighted by Gasteiger charge is 2.30. The predicted molar refractivity (Wildman–Crippen MR) is 117 cm³/mol. The van der Waals surface area contributed by atoms with Gasteiger partial charge in [-0.05, 0) is 58.0 Å². The molecule has 1 fully saturated rings. The van der Waals surface area contributed by atoms with Crippen molar-refractivity contribution in [3.63, 3.8) is 0 Å². The quantitative estimate of drug-likeness (QED) is 0.646. The fourth-order valence-electron chi connectivity index (χ4n) is 3.11. The smallest absolute Gasteiger partial charge is 0.407 e. The van der Waals surface area contributed by atoms with Crippen molar-refractivity contribution in [2.75, 3.05) is 23.3 Å². The molecule has 3 heterocycles. The number of nitrogens with one attached hydrogen (secondary N) is 2. The Morgan fingerprint density at radius 3 is 2.52 bits per heavy atom. The Balaban J connectivity index is 1.33. The van der Waals surface area contributed by atoms with Crippen LogP contribution in [0.5, 0.6) is 0 Å². The number of rotatable bonds is 5. The maximum Gasteiger partial charge on any atom is 0.407 e. The Labute approximate surface area is 180 Å². The molecule has 162 valence electrons. The van der Waals surface area contributed by atoms with Crippen molar-refractivity contribution < 1.29 is 9.53 Å². The summed E-state index contributed by atoms with van der Waals surface area (Å²) in [6, 6.07) is 9.66. The van der Waals surface area contributed by atoms with Gasteiger partial charge in [-0.25, -0.2) is 19.4 Å². The van der Waals surface area contributed by atoms with Gasteiger partial charge in [-0.15, -0.1) is 0 Å². The molecule has 0 aliphatic carbocycles. The molecule has 0 saturated carbocycles. The highest BCUT2D eigenvalue weighted by atomic mass is 16.6. The van der Waals surface area contributed by atoms with Crippen LogP contribution in [-0.4, -0.2) is 55.6 Å². The van der Waals surface area contributed by atoms with Gasteiger partial charge in [-0.2, -0.15) is 10.1 Å². The van der Waals surface area contributed by atoms with Crippen molar-refractivity contribution in [3.05, 3.63) is 48.7 Å². The number of anilines is 3. The van der Waals surface area contributed by atoms with Crippen LogP contribution >= 0.6 is 0 Å². The maximum atomic E-state index is 11.9. The summed E-state index contributed by atoms with van der Waals surface area (Å²) >= 11 is 0. The van der Waals surface area contributed by atoms with E-state index in [-0.39, 0.29) is 6.04 Å². The van der Waals surface area contributed by atoms with E-state index in [4.69, 9.17) is 4.74 Å². The number of hydrogen-bond donors (Lipinski definition) is 2. The van der Waals surface area contributed by atoms with Crippen LogP contribution in [0.15, 0.2) is 42.9 Å². The summed E-state index contributed by atoms with van der Waals surface area (Å²) in [5, 5.41) is 10.4. The van der Waals surface area contributed by atoms with Gasteiger partial charge in [0.25, 0.3) is 0 Å². The highest BCUT2D eigenvalue weighted by molar-refractivity contribution is 5.69. The zero-order valence-corrected chi connectivity index (χ0v) is 18.0. The van der Waals surface area contributed by atoms with Gasteiger partial charge in [0.15, 0.2) is 0 Å². The first-order chi connectivity index (χ1) is 14.7. The second kappa shape index (κ2) is 8.21. The second-order valence-corrected chi connectivity index (χ2v) is 8.39. The van der Waals surface area contributed by atoms with Crippen LogP contribution in [0.25, 0.3) is 5.69 Å². The molecule has 0 spiro atoms. The number of aromatic nitrogens is 5. The van der Waals surface area contributed by atoms with E-state index >= 15 is 0 Å². The van der Waals surface area contributed by atoms with Crippen LogP contribution in [0.3, 0.4) is 0 Å². The largest absolute Gasteiger partial charge is 0.444 e. The third-order valence-electron chi connectivity index (χ3n) is 4.56. The van der Waals surface area contributed by atoms with Crippen LogP contribution < -0.4 is 15.5 Å². The van der Waals surface area contributed by atoms with Gasteiger partial charge in [0.05, 0.1) is 11.7 Å².